The Bertz CT molecular complexity index is 559. The zero-order valence-corrected chi connectivity index (χ0v) is 14.3. The molecule has 0 N–H and O–H groups in total. The molecular weight excluding hydrogens is 300 g/mol. The van der Waals surface area contributed by atoms with Gasteiger partial charge in [0.1, 0.15) is 0 Å². The molecule has 0 radical (unpaired) electrons. The van der Waals surface area contributed by atoms with Gasteiger partial charge in [0.15, 0.2) is 0 Å². The summed E-state index contributed by atoms with van der Waals surface area (Å²) in [5.74, 6) is 0. The highest BCUT2D eigenvalue weighted by molar-refractivity contribution is 7.86. The van der Waals surface area contributed by atoms with Crippen molar-refractivity contribution >= 4 is 10.1 Å². The SMILES string of the molecule is CCCC1(CCCCOS(=O)(=O)c2ccc(C)cc2)COC1. The molecule has 0 unspecified atom stereocenters. The third-order valence-electron chi connectivity index (χ3n) is 4.25. The summed E-state index contributed by atoms with van der Waals surface area (Å²) in [6.45, 7) is 6.07. The first-order chi connectivity index (χ1) is 10.5. The quantitative estimate of drug-likeness (QED) is 0.513. The molecule has 1 aromatic carbocycles. The van der Waals surface area contributed by atoms with E-state index in [9.17, 15) is 8.42 Å². The van der Waals surface area contributed by atoms with Gasteiger partial charge >= 0.3 is 0 Å². The Morgan fingerprint density at radius 1 is 1.14 bits per heavy atom. The van der Waals surface area contributed by atoms with Crippen LogP contribution in [0.4, 0.5) is 0 Å². The predicted octanol–water partition coefficient (Wildman–Crippen LogP) is 3.69. The van der Waals surface area contributed by atoms with Crippen LogP contribution in [0, 0.1) is 12.3 Å². The number of hydrogen-bond donors (Lipinski definition) is 0. The van der Waals surface area contributed by atoms with Gasteiger partial charge in [-0.15, -0.1) is 0 Å². The molecular formula is C17H26O4S. The second-order valence-electron chi connectivity index (χ2n) is 6.29. The number of hydrogen-bond acceptors (Lipinski definition) is 4. The van der Waals surface area contributed by atoms with Crippen molar-refractivity contribution in [3.63, 3.8) is 0 Å². The summed E-state index contributed by atoms with van der Waals surface area (Å²) in [6.07, 6.45) is 5.19. The van der Waals surface area contributed by atoms with Gasteiger partial charge in [0.05, 0.1) is 24.7 Å². The fraction of sp³-hybridized carbons (Fsp3) is 0.647. The second-order valence-corrected chi connectivity index (χ2v) is 7.90. The molecule has 1 aromatic rings. The van der Waals surface area contributed by atoms with E-state index in [1.807, 2.05) is 6.92 Å². The number of benzene rings is 1. The van der Waals surface area contributed by atoms with Gasteiger partial charge in [-0.25, -0.2) is 0 Å². The van der Waals surface area contributed by atoms with Gasteiger partial charge in [-0.05, 0) is 38.3 Å². The molecule has 0 aromatic heterocycles. The molecule has 1 aliphatic heterocycles. The van der Waals surface area contributed by atoms with Crippen LogP contribution < -0.4 is 0 Å². The maximum absolute atomic E-state index is 12.0. The maximum atomic E-state index is 12.0. The van der Waals surface area contributed by atoms with E-state index in [4.69, 9.17) is 8.92 Å². The summed E-state index contributed by atoms with van der Waals surface area (Å²) in [5, 5.41) is 0. The van der Waals surface area contributed by atoms with E-state index in [1.54, 1.807) is 24.3 Å². The molecule has 4 nitrogen and oxygen atoms in total. The molecule has 124 valence electrons. The Labute approximate surface area is 134 Å². The molecule has 0 atom stereocenters. The molecule has 2 rings (SSSR count). The number of unbranched alkanes of at least 4 members (excludes halogenated alkanes) is 1. The monoisotopic (exact) mass is 326 g/mol. The van der Waals surface area contributed by atoms with Crippen LogP contribution in [0.5, 0.6) is 0 Å². The van der Waals surface area contributed by atoms with Gasteiger partial charge in [0.25, 0.3) is 10.1 Å². The average molecular weight is 326 g/mol. The van der Waals surface area contributed by atoms with E-state index < -0.39 is 10.1 Å². The molecule has 1 heterocycles. The zero-order valence-electron chi connectivity index (χ0n) is 13.5. The van der Waals surface area contributed by atoms with Crippen molar-refractivity contribution in [2.75, 3.05) is 19.8 Å². The molecule has 0 bridgehead atoms. The van der Waals surface area contributed by atoms with Crippen molar-refractivity contribution in [2.24, 2.45) is 5.41 Å². The highest BCUT2D eigenvalue weighted by atomic mass is 32.2. The first-order valence-corrected chi connectivity index (χ1v) is 9.42. The largest absolute Gasteiger partial charge is 0.380 e. The third-order valence-corrected chi connectivity index (χ3v) is 5.57. The Morgan fingerprint density at radius 3 is 2.36 bits per heavy atom. The van der Waals surface area contributed by atoms with Crippen molar-refractivity contribution in [3.8, 4) is 0 Å². The van der Waals surface area contributed by atoms with Crippen molar-refractivity contribution in [2.45, 2.75) is 50.8 Å². The normalized spacial score (nSPS) is 17.2. The van der Waals surface area contributed by atoms with Gasteiger partial charge in [0, 0.05) is 5.41 Å². The standard InChI is InChI=1S/C17H26O4S/c1-3-10-17(13-20-14-17)11-4-5-12-21-22(18,19)16-8-6-15(2)7-9-16/h6-9H,3-5,10-14H2,1-2H3. The minimum atomic E-state index is -3.62. The van der Waals surface area contributed by atoms with Crippen molar-refractivity contribution in [1.82, 2.24) is 0 Å². The van der Waals surface area contributed by atoms with Gasteiger partial charge in [-0.1, -0.05) is 37.5 Å². The van der Waals surface area contributed by atoms with E-state index in [1.165, 1.54) is 12.8 Å². The van der Waals surface area contributed by atoms with Gasteiger partial charge < -0.3 is 4.74 Å². The summed E-state index contributed by atoms with van der Waals surface area (Å²) in [7, 11) is -3.62. The van der Waals surface area contributed by atoms with E-state index in [2.05, 4.69) is 6.92 Å². The number of aryl methyl sites for hydroxylation is 1. The minimum absolute atomic E-state index is 0.230. The molecule has 0 saturated carbocycles. The molecule has 1 fully saturated rings. The fourth-order valence-electron chi connectivity index (χ4n) is 2.88. The topological polar surface area (TPSA) is 52.6 Å². The Morgan fingerprint density at radius 2 is 1.82 bits per heavy atom. The molecule has 1 aliphatic rings. The summed E-state index contributed by atoms with van der Waals surface area (Å²) >= 11 is 0. The van der Waals surface area contributed by atoms with Crippen LogP contribution >= 0.6 is 0 Å². The lowest BCUT2D eigenvalue weighted by molar-refractivity contribution is -0.123. The first-order valence-electron chi connectivity index (χ1n) is 8.01. The van der Waals surface area contributed by atoms with Gasteiger partial charge in [0.2, 0.25) is 0 Å². The van der Waals surface area contributed by atoms with Gasteiger partial charge in [-0.3, -0.25) is 4.18 Å². The Balaban J connectivity index is 1.73. The van der Waals surface area contributed by atoms with Crippen molar-refractivity contribution < 1.29 is 17.3 Å². The van der Waals surface area contributed by atoms with Crippen LogP contribution in [-0.2, 0) is 19.0 Å². The smallest absolute Gasteiger partial charge is 0.296 e. The summed E-state index contributed by atoms with van der Waals surface area (Å²) in [5.41, 5.74) is 1.37. The van der Waals surface area contributed by atoms with E-state index in [0.29, 0.717) is 5.41 Å². The fourth-order valence-corrected chi connectivity index (χ4v) is 3.82. The van der Waals surface area contributed by atoms with E-state index in [-0.39, 0.29) is 11.5 Å². The van der Waals surface area contributed by atoms with Crippen LogP contribution in [0.3, 0.4) is 0 Å². The Kier molecular flexibility index (Phi) is 6.01. The lowest BCUT2D eigenvalue weighted by Gasteiger charge is -2.41. The highest BCUT2D eigenvalue weighted by Crippen LogP contribution is 2.37. The highest BCUT2D eigenvalue weighted by Gasteiger charge is 2.36. The van der Waals surface area contributed by atoms with Crippen LogP contribution in [0.2, 0.25) is 0 Å². The maximum Gasteiger partial charge on any atom is 0.296 e. The van der Waals surface area contributed by atoms with Crippen LogP contribution in [0.1, 0.15) is 44.6 Å². The molecule has 22 heavy (non-hydrogen) atoms. The zero-order chi connectivity index (χ0) is 16.1. The second kappa shape index (κ2) is 7.57. The minimum Gasteiger partial charge on any atom is -0.380 e. The molecule has 1 saturated heterocycles. The van der Waals surface area contributed by atoms with Gasteiger partial charge in [-0.2, -0.15) is 8.42 Å². The van der Waals surface area contributed by atoms with Crippen LogP contribution in [-0.4, -0.2) is 28.2 Å². The van der Waals surface area contributed by atoms with E-state index >= 15 is 0 Å². The molecule has 0 aliphatic carbocycles. The third kappa shape index (κ3) is 4.54. The summed E-state index contributed by atoms with van der Waals surface area (Å²) < 4.78 is 34.5. The van der Waals surface area contributed by atoms with Crippen LogP contribution in [0.25, 0.3) is 0 Å². The number of ether oxygens (including phenoxy) is 1. The average Bonchev–Trinajstić information content (AvgIpc) is 2.44. The summed E-state index contributed by atoms with van der Waals surface area (Å²) in [6, 6.07) is 6.74. The number of rotatable bonds is 9. The first kappa shape index (κ1) is 17.4. The summed E-state index contributed by atoms with van der Waals surface area (Å²) in [4.78, 5) is 0.230. The lowest BCUT2D eigenvalue weighted by Crippen LogP contribution is -2.42. The van der Waals surface area contributed by atoms with Crippen molar-refractivity contribution in [1.29, 1.82) is 0 Å². The van der Waals surface area contributed by atoms with Crippen LogP contribution in [0.15, 0.2) is 29.2 Å². The molecule has 5 heteroatoms. The van der Waals surface area contributed by atoms with Crippen molar-refractivity contribution in [3.05, 3.63) is 29.8 Å². The molecule has 0 amide bonds. The Hall–Kier alpha value is -0.910. The lowest BCUT2D eigenvalue weighted by atomic mass is 9.77. The molecule has 0 spiro atoms. The van der Waals surface area contributed by atoms with E-state index in [0.717, 1.165) is 38.0 Å². The predicted molar refractivity (Wildman–Crippen MR) is 86.3 cm³/mol.